The average Bonchev–Trinajstić information content (AvgIpc) is 2.55. The summed E-state index contributed by atoms with van der Waals surface area (Å²) in [6.45, 7) is 0. The highest BCUT2D eigenvalue weighted by molar-refractivity contribution is 7.80. The summed E-state index contributed by atoms with van der Waals surface area (Å²) in [5, 5.41) is 11.7. The van der Waals surface area contributed by atoms with Crippen molar-refractivity contribution in [1.29, 1.82) is 5.26 Å². The molecule has 1 aliphatic rings. The molecule has 5 nitrogen and oxygen atoms in total. The molecule has 6 heteroatoms. The maximum atomic E-state index is 11.8. The number of likely N-dealkylation sites (N-methyl/N-ethyl adjacent to an activating group) is 1. The smallest absolute Gasteiger partial charge is 0.320 e. The number of nitriles is 1. The topological polar surface area (TPSA) is 75.0 Å². The number of nitrogens with zero attached hydrogens (tertiary/aromatic N) is 2. The van der Waals surface area contributed by atoms with E-state index in [-0.39, 0.29) is 12.5 Å². The Morgan fingerprint density at radius 2 is 2.45 bits per heavy atom. The van der Waals surface area contributed by atoms with Gasteiger partial charge in [-0.15, -0.1) is 0 Å². The van der Waals surface area contributed by atoms with Crippen molar-refractivity contribution in [2.24, 2.45) is 0 Å². The molecule has 0 spiro atoms. The number of thiocarbonyl (C=S) groups is 1. The monoisotopic (exact) mass is 317 g/mol. The van der Waals surface area contributed by atoms with Crippen LogP contribution in [0.15, 0.2) is 24.5 Å². The molecule has 1 saturated carbocycles. The Morgan fingerprint density at radius 3 is 3.09 bits per heavy atom. The highest BCUT2D eigenvalue weighted by Gasteiger charge is 2.48. The number of hydrogen-bond acceptors (Lipinski definition) is 5. The Hall–Kier alpha value is -2.00. The van der Waals surface area contributed by atoms with E-state index in [1.807, 2.05) is 18.2 Å². The molecule has 0 aliphatic heterocycles. The van der Waals surface area contributed by atoms with E-state index in [0.717, 1.165) is 31.2 Å². The van der Waals surface area contributed by atoms with Crippen molar-refractivity contribution in [3.63, 3.8) is 0 Å². The second-order valence-corrected chi connectivity index (χ2v) is 5.76. The van der Waals surface area contributed by atoms with Gasteiger partial charge in [0.2, 0.25) is 0 Å². The lowest BCUT2D eigenvalue weighted by molar-refractivity contribution is -0.151. The minimum Gasteiger partial charge on any atom is -0.460 e. The fourth-order valence-corrected chi connectivity index (χ4v) is 3.49. The molecule has 0 aromatic carbocycles. The van der Waals surface area contributed by atoms with Gasteiger partial charge in [-0.25, -0.2) is 0 Å². The minimum atomic E-state index is -0.568. The third kappa shape index (κ3) is 3.09. The van der Waals surface area contributed by atoms with Crippen LogP contribution < -0.4 is 5.32 Å². The first-order valence-electron chi connectivity index (χ1n) is 7.34. The van der Waals surface area contributed by atoms with Crippen molar-refractivity contribution in [2.45, 2.75) is 43.6 Å². The number of hydrogen-bond donors (Lipinski definition) is 1. The van der Waals surface area contributed by atoms with Gasteiger partial charge in [0.15, 0.2) is 0 Å². The maximum absolute atomic E-state index is 11.8. The summed E-state index contributed by atoms with van der Waals surface area (Å²) in [5.41, 5.74) is 0.380. The predicted molar refractivity (Wildman–Crippen MR) is 86.2 cm³/mol. The standard InChI is InChI=1S/C16H19N3O2S/c1-18-15(22)16(12-5-4-10-19-11-12)8-3-2-6-13(16)21-14(20)7-9-17/h4-5,10-11,13H,2-3,6-8H2,1H3,(H,18,22)/t13-,16+/m1/s1. The second kappa shape index (κ2) is 7.32. The summed E-state index contributed by atoms with van der Waals surface area (Å²) in [6.07, 6.45) is 6.37. The first-order valence-corrected chi connectivity index (χ1v) is 7.75. The molecule has 0 bridgehead atoms. The molecule has 1 aromatic heterocycles. The molecule has 0 unspecified atom stereocenters. The minimum absolute atomic E-state index is 0.244. The first-order chi connectivity index (χ1) is 10.6. The molecular formula is C16H19N3O2S. The molecule has 2 atom stereocenters. The third-order valence-corrected chi connectivity index (χ3v) is 4.71. The van der Waals surface area contributed by atoms with Gasteiger partial charge in [0, 0.05) is 19.4 Å². The van der Waals surface area contributed by atoms with E-state index in [9.17, 15) is 4.79 Å². The van der Waals surface area contributed by atoms with Crippen LogP contribution in [0.3, 0.4) is 0 Å². The van der Waals surface area contributed by atoms with Crippen LogP contribution in [0.25, 0.3) is 0 Å². The summed E-state index contributed by atoms with van der Waals surface area (Å²) < 4.78 is 5.61. The molecule has 22 heavy (non-hydrogen) atoms. The van der Waals surface area contributed by atoms with Crippen LogP contribution in [0.5, 0.6) is 0 Å². The number of carbonyl (C=O) groups is 1. The van der Waals surface area contributed by atoms with E-state index in [1.54, 1.807) is 19.4 Å². The van der Waals surface area contributed by atoms with Gasteiger partial charge in [-0.2, -0.15) is 5.26 Å². The fourth-order valence-electron chi connectivity index (χ4n) is 3.14. The van der Waals surface area contributed by atoms with E-state index in [4.69, 9.17) is 22.2 Å². The number of rotatable bonds is 4. The van der Waals surface area contributed by atoms with Gasteiger partial charge < -0.3 is 10.1 Å². The van der Waals surface area contributed by atoms with Crippen molar-refractivity contribution >= 4 is 23.2 Å². The molecular weight excluding hydrogens is 298 g/mol. The van der Waals surface area contributed by atoms with E-state index < -0.39 is 11.4 Å². The lowest BCUT2D eigenvalue weighted by Crippen LogP contribution is -2.53. The molecule has 1 fully saturated rings. The van der Waals surface area contributed by atoms with Crippen molar-refractivity contribution in [2.75, 3.05) is 7.05 Å². The second-order valence-electron chi connectivity index (χ2n) is 5.35. The van der Waals surface area contributed by atoms with Crippen molar-refractivity contribution in [3.05, 3.63) is 30.1 Å². The summed E-state index contributed by atoms with van der Waals surface area (Å²) in [4.78, 5) is 16.7. The first kappa shape index (κ1) is 16.4. The van der Waals surface area contributed by atoms with Crippen LogP contribution in [0, 0.1) is 11.3 Å². The number of esters is 1. The zero-order chi connectivity index (χ0) is 16.0. The van der Waals surface area contributed by atoms with Gasteiger partial charge >= 0.3 is 5.97 Å². The third-order valence-electron chi connectivity index (χ3n) is 4.14. The number of pyridine rings is 1. The normalized spacial score (nSPS) is 24.1. The Morgan fingerprint density at radius 1 is 1.64 bits per heavy atom. The zero-order valence-corrected chi connectivity index (χ0v) is 13.4. The molecule has 1 aliphatic carbocycles. The van der Waals surface area contributed by atoms with Gasteiger partial charge in [0.25, 0.3) is 0 Å². The lowest BCUT2D eigenvalue weighted by Gasteiger charge is -2.43. The molecule has 116 valence electrons. The number of ether oxygens (including phenoxy) is 1. The summed E-state index contributed by atoms with van der Waals surface area (Å²) in [5.74, 6) is -0.499. The highest BCUT2D eigenvalue weighted by Crippen LogP contribution is 2.42. The lowest BCUT2D eigenvalue weighted by atomic mass is 9.67. The van der Waals surface area contributed by atoms with Gasteiger partial charge in [0.05, 0.1) is 16.5 Å². The molecule has 2 rings (SSSR count). The summed E-state index contributed by atoms with van der Waals surface area (Å²) >= 11 is 5.57. The quantitative estimate of drug-likeness (QED) is 0.678. The van der Waals surface area contributed by atoms with Crippen LogP contribution in [-0.4, -0.2) is 29.1 Å². The average molecular weight is 317 g/mol. The zero-order valence-electron chi connectivity index (χ0n) is 12.5. The largest absolute Gasteiger partial charge is 0.460 e. The van der Waals surface area contributed by atoms with Gasteiger partial charge in [0.1, 0.15) is 12.5 Å². The molecule has 1 aromatic rings. The van der Waals surface area contributed by atoms with Crippen LogP contribution in [0.4, 0.5) is 0 Å². The SMILES string of the molecule is CNC(=S)[C@]1(c2cccnc2)CCCC[C@H]1OC(=O)CC#N. The Labute approximate surface area is 135 Å². The molecule has 0 saturated heterocycles. The van der Waals surface area contributed by atoms with Crippen LogP contribution >= 0.6 is 12.2 Å². The van der Waals surface area contributed by atoms with Crippen molar-refractivity contribution in [3.8, 4) is 6.07 Å². The number of nitrogens with one attached hydrogen (secondary N) is 1. The molecule has 1 N–H and O–H groups in total. The van der Waals surface area contributed by atoms with E-state index in [2.05, 4.69) is 10.3 Å². The van der Waals surface area contributed by atoms with E-state index in [0.29, 0.717) is 4.99 Å². The number of aromatic nitrogens is 1. The Bertz CT molecular complexity index is 585. The van der Waals surface area contributed by atoms with Crippen LogP contribution in [0.2, 0.25) is 0 Å². The predicted octanol–water partition coefficient (Wildman–Crippen LogP) is 2.27. The van der Waals surface area contributed by atoms with Crippen molar-refractivity contribution in [1.82, 2.24) is 10.3 Å². The maximum Gasteiger partial charge on any atom is 0.320 e. The van der Waals surface area contributed by atoms with Gasteiger partial charge in [-0.3, -0.25) is 9.78 Å². The van der Waals surface area contributed by atoms with Crippen molar-refractivity contribution < 1.29 is 9.53 Å². The van der Waals surface area contributed by atoms with Gasteiger partial charge in [-0.05, 0) is 30.9 Å². The van der Waals surface area contributed by atoms with E-state index in [1.165, 1.54) is 0 Å². The Kier molecular flexibility index (Phi) is 5.45. The van der Waals surface area contributed by atoms with Gasteiger partial charge in [-0.1, -0.05) is 24.7 Å². The summed E-state index contributed by atoms with van der Waals surface area (Å²) in [6, 6.07) is 5.66. The fraction of sp³-hybridized carbons (Fsp3) is 0.500. The van der Waals surface area contributed by atoms with Crippen LogP contribution in [-0.2, 0) is 14.9 Å². The highest BCUT2D eigenvalue weighted by atomic mass is 32.1. The number of carbonyl (C=O) groups excluding carboxylic acids is 1. The molecule has 0 radical (unpaired) electrons. The summed E-state index contributed by atoms with van der Waals surface area (Å²) in [7, 11) is 1.78. The Balaban J connectivity index is 2.42. The van der Waals surface area contributed by atoms with E-state index >= 15 is 0 Å². The molecule has 1 heterocycles. The van der Waals surface area contributed by atoms with Crippen LogP contribution in [0.1, 0.15) is 37.7 Å². The molecule has 0 amide bonds.